The van der Waals surface area contributed by atoms with Crippen LogP contribution in [0.1, 0.15) is 32.4 Å². The molecule has 0 radical (unpaired) electrons. The van der Waals surface area contributed by atoms with Crippen LogP contribution in [0.15, 0.2) is 54.6 Å². The molecule has 0 unspecified atom stereocenters. The van der Waals surface area contributed by atoms with Crippen LogP contribution >= 0.6 is 0 Å². The molecule has 0 fully saturated rings. The molecule has 0 spiro atoms. The number of methoxy groups -OCH3 is 1. The van der Waals surface area contributed by atoms with Gasteiger partial charge in [-0.3, -0.25) is 4.79 Å². The SMILES string of the molecule is CCOC(=O)[C@@H]([C@H](OC(C)=O)c1ccccc1)N(CC)c1ccc(OC)cc1. The highest BCUT2D eigenvalue weighted by atomic mass is 16.6. The largest absolute Gasteiger partial charge is 0.497 e. The number of hydrogen-bond donors (Lipinski definition) is 0. The smallest absolute Gasteiger partial charge is 0.333 e. The lowest BCUT2D eigenvalue weighted by Crippen LogP contribution is -2.47. The van der Waals surface area contributed by atoms with Crippen LogP contribution in [0, 0.1) is 0 Å². The van der Waals surface area contributed by atoms with E-state index >= 15 is 0 Å². The average Bonchev–Trinajstić information content (AvgIpc) is 2.71. The normalized spacial score (nSPS) is 12.6. The van der Waals surface area contributed by atoms with Gasteiger partial charge in [-0.2, -0.15) is 0 Å². The van der Waals surface area contributed by atoms with Gasteiger partial charge in [-0.25, -0.2) is 4.79 Å². The molecule has 2 aromatic rings. The second-order valence-electron chi connectivity index (χ2n) is 6.12. The fourth-order valence-corrected chi connectivity index (χ4v) is 3.09. The van der Waals surface area contributed by atoms with Crippen molar-refractivity contribution in [3.05, 3.63) is 60.2 Å². The van der Waals surface area contributed by atoms with Crippen molar-refractivity contribution < 1.29 is 23.8 Å². The number of benzene rings is 2. The zero-order valence-electron chi connectivity index (χ0n) is 16.8. The van der Waals surface area contributed by atoms with Crippen LogP contribution < -0.4 is 9.64 Å². The van der Waals surface area contributed by atoms with E-state index in [2.05, 4.69) is 0 Å². The molecule has 6 nitrogen and oxygen atoms in total. The molecule has 0 aliphatic carbocycles. The zero-order chi connectivity index (χ0) is 20.5. The van der Waals surface area contributed by atoms with Crippen LogP contribution in [0.2, 0.25) is 0 Å². The van der Waals surface area contributed by atoms with Crippen molar-refractivity contribution in [1.29, 1.82) is 0 Å². The molecule has 0 N–H and O–H groups in total. The Morgan fingerprint density at radius 1 is 1.00 bits per heavy atom. The fraction of sp³-hybridized carbons (Fsp3) is 0.364. The Morgan fingerprint density at radius 2 is 1.64 bits per heavy atom. The number of esters is 2. The lowest BCUT2D eigenvalue weighted by molar-refractivity contribution is -0.156. The maximum atomic E-state index is 13.0. The van der Waals surface area contributed by atoms with E-state index in [1.165, 1.54) is 6.92 Å². The summed E-state index contributed by atoms with van der Waals surface area (Å²) in [6.45, 7) is 5.77. The number of nitrogens with zero attached hydrogens (tertiary/aromatic N) is 1. The van der Waals surface area contributed by atoms with Gasteiger partial charge in [0.15, 0.2) is 12.1 Å². The van der Waals surface area contributed by atoms with Gasteiger partial charge in [0, 0.05) is 19.2 Å². The number of rotatable bonds is 9. The molecular formula is C22H27NO5. The summed E-state index contributed by atoms with van der Waals surface area (Å²) in [6.07, 6.45) is -0.806. The molecule has 2 aromatic carbocycles. The number of likely N-dealkylation sites (N-methyl/N-ethyl adjacent to an activating group) is 1. The van der Waals surface area contributed by atoms with Crippen LogP contribution in [0.25, 0.3) is 0 Å². The van der Waals surface area contributed by atoms with Gasteiger partial charge in [0.05, 0.1) is 13.7 Å². The predicted molar refractivity (Wildman–Crippen MR) is 107 cm³/mol. The van der Waals surface area contributed by atoms with Crippen LogP contribution in [0.3, 0.4) is 0 Å². The first-order valence-electron chi connectivity index (χ1n) is 9.31. The number of anilines is 1. The first-order valence-corrected chi connectivity index (χ1v) is 9.31. The van der Waals surface area contributed by atoms with Crippen LogP contribution in [-0.2, 0) is 19.1 Å². The number of ether oxygens (including phenoxy) is 3. The highest BCUT2D eigenvalue weighted by Gasteiger charge is 2.38. The van der Waals surface area contributed by atoms with Gasteiger partial charge in [-0.15, -0.1) is 0 Å². The Morgan fingerprint density at radius 3 is 2.14 bits per heavy atom. The molecule has 0 aromatic heterocycles. The third kappa shape index (κ3) is 5.25. The van der Waals surface area contributed by atoms with E-state index in [0.717, 1.165) is 11.3 Å². The Balaban J connectivity index is 2.52. The van der Waals surface area contributed by atoms with E-state index < -0.39 is 24.1 Å². The van der Waals surface area contributed by atoms with Gasteiger partial charge < -0.3 is 19.1 Å². The molecule has 0 saturated carbocycles. The lowest BCUT2D eigenvalue weighted by Gasteiger charge is -2.36. The molecular weight excluding hydrogens is 358 g/mol. The van der Waals surface area contributed by atoms with Crippen LogP contribution in [-0.4, -0.2) is 38.2 Å². The van der Waals surface area contributed by atoms with Crippen LogP contribution in [0.4, 0.5) is 5.69 Å². The maximum Gasteiger partial charge on any atom is 0.333 e. The third-order valence-corrected chi connectivity index (χ3v) is 4.32. The third-order valence-electron chi connectivity index (χ3n) is 4.32. The average molecular weight is 385 g/mol. The summed E-state index contributed by atoms with van der Waals surface area (Å²) >= 11 is 0. The molecule has 2 atom stereocenters. The summed E-state index contributed by atoms with van der Waals surface area (Å²) in [5.41, 5.74) is 1.53. The maximum absolute atomic E-state index is 13.0. The molecule has 150 valence electrons. The minimum absolute atomic E-state index is 0.233. The summed E-state index contributed by atoms with van der Waals surface area (Å²) < 4.78 is 16.2. The van der Waals surface area contributed by atoms with Gasteiger partial charge in [0.1, 0.15) is 5.75 Å². The van der Waals surface area contributed by atoms with Gasteiger partial charge in [-0.05, 0) is 43.7 Å². The number of carbonyl (C=O) groups is 2. The molecule has 0 amide bonds. The van der Waals surface area contributed by atoms with Crippen molar-refractivity contribution in [2.45, 2.75) is 32.9 Å². The highest BCUT2D eigenvalue weighted by molar-refractivity contribution is 5.82. The van der Waals surface area contributed by atoms with E-state index in [0.29, 0.717) is 12.3 Å². The van der Waals surface area contributed by atoms with Crippen molar-refractivity contribution in [2.75, 3.05) is 25.2 Å². The van der Waals surface area contributed by atoms with Gasteiger partial charge >= 0.3 is 11.9 Å². The summed E-state index contributed by atoms with van der Waals surface area (Å²) in [6, 6.07) is 15.8. The molecule has 0 aliphatic heterocycles. The Hall–Kier alpha value is -3.02. The van der Waals surface area contributed by atoms with E-state index in [4.69, 9.17) is 14.2 Å². The summed E-state index contributed by atoms with van der Waals surface area (Å²) in [5.74, 6) is -0.198. The monoisotopic (exact) mass is 385 g/mol. The lowest BCUT2D eigenvalue weighted by atomic mass is 9.99. The molecule has 0 bridgehead atoms. The first-order chi connectivity index (χ1) is 13.5. The van der Waals surface area contributed by atoms with Gasteiger partial charge in [0.25, 0.3) is 0 Å². The second kappa shape index (κ2) is 10.3. The highest BCUT2D eigenvalue weighted by Crippen LogP contribution is 2.31. The summed E-state index contributed by atoms with van der Waals surface area (Å²) in [7, 11) is 1.60. The Kier molecular flexibility index (Phi) is 7.87. The van der Waals surface area contributed by atoms with Gasteiger partial charge in [-0.1, -0.05) is 30.3 Å². The van der Waals surface area contributed by atoms with Crippen molar-refractivity contribution >= 4 is 17.6 Å². The van der Waals surface area contributed by atoms with E-state index in [9.17, 15) is 9.59 Å². The van der Waals surface area contributed by atoms with Crippen molar-refractivity contribution in [3.8, 4) is 5.75 Å². The summed E-state index contributed by atoms with van der Waals surface area (Å²) in [4.78, 5) is 26.7. The van der Waals surface area contributed by atoms with Crippen molar-refractivity contribution in [2.24, 2.45) is 0 Å². The number of carbonyl (C=O) groups excluding carboxylic acids is 2. The Bertz CT molecular complexity index is 760. The minimum Gasteiger partial charge on any atom is -0.497 e. The fourth-order valence-electron chi connectivity index (χ4n) is 3.09. The quantitative estimate of drug-likeness (QED) is 0.613. The standard InChI is InChI=1S/C22H27NO5/c1-5-23(18-12-14-19(26-4)15-13-18)20(22(25)27-6-2)21(28-16(3)24)17-10-8-7-9-11-17/h7-15,20-21H,5-6H2,1-4H3/t20-,21-/m1/s1. The molecule has 2 rings (SSSR count). The molecule has 0 heterocycles. The molecule has 0 saturated heterocycles. The van der Waals surface area contributed by atoms with Crippen molar-refractivity contribution in [1.82, 2.24) is 0 Å². The zero-order valence-corrected chi connectivity index (χ0v) is 16.8. The molecule has 6 heteroatoms. The van der Waals surface area contributed by atoms with Crippen molar-refractivity contribution in [3.63, 3.8) is 0 Å². The Labute approximate surface area is 166 Å². The topological polar surface area (TPSA) is 65.1 Å². The summed E-state index contributed by atoms with van der Waals surface area (Å²) in [5, 5.41) is 0. The molecule has 28 heavy (non-hydrogen) atoms. The molecule has 0 aliphatic rings. The predicted octanol–water partition coefficient (Wildman–Crippen LogP) is 3.76. The minimum atomic E-state index is -0.829. The van der Waals surface area contributed by atoms with Gasteiger partial charge in [0.2, 0.25) is 0 Å². The number of hydrogen-bond acceptors (Lipinski definition) is 6. The van der Waals surface area contributed by atoms with E-state index in [1.807, 2.05) is 66.4 Å². The van der Waals surface area contributed by atoms with Crippen LogP contribution in [0.5, 0.6) is 5.75 Å². The van der Waals surface area contributed by atoms with E-state index in [-0.39, 0.29) is 6.61 Å². The second-order valence-corrected chi connectivity index (χ2v) is 6.12. The van der Waals surface area contributed by atoms with E-state index in [1.54, 1.807) is 14.0 Å². The first kappa shape index (κ1) is 21.3.